The molecule has 2 rings (SSSR count). The van der Waals surface area contributed by atoms with E-state index in [1.54, 1.807) is 0 Å². The van der Waals surface area contributed by atoms with Crippen LogP contribution in [0.1, 0.15) is 71.2 Å². The van der Waals surface area contributed by atoms with E-state index in [2.05, 4.69) is 37.7 Å². The molecule has 4 heteroatoms. The van der Waals surface area contributed by atoms with Crippen LogP contribution in [0.4, 0.5) is 0 Å². The van der Waals surface area contributed by atoms with Crippen LogP contribution < -0.4 is 4.74 Å². The van der Waals surface area contributed by atoms with Gasteiger partial charge in [0.05, 0.1) is 0 Å². The molecule has 0 spiro atoms. The number of hydrogen-bond acceptors (Lipinski definition) is 3. The van der Waals surface area contributed by atoms with Crippen LogP contribution in [0.3, 0.4) is 0 Å². The Morgan fingerprint density at radius 2 is 1.86 bits per heavy atom. The number of hydrogen-bond donors (Lipinski definition) is 0. The highest BCUT2D eigenvalue weighted by molar-refractivity contribution is 6.30. The standard InChI is InChI=1S/C17H27ClN2O/c1-6-12-9-7-8-10-13(12)21-15-11(2)14(18)19-16(20-15)17(3,4)5/h12-13H,6-10H2,1-5H3. The lowest BCUT2D eigenvalue weighted by atomic mass is 9.85. The fourth-order valence-electron chi connectivity index (χ4n) is 2.86. The highest BCUT2D eigenvalue weighted by atomic mass is 35.5. The third kappa shape index (κ3) is 3.88. The Morgan fingerprint density at radius 1 is 1.19 bits per heavy atom. The average Bonchev–Trinajstić information content (AvgIpc) is 2.43. The molecular weight excluding hydrogens is 284 g/mol. The van der Waals surface area contributed by atoms with E-state index in [1.807, 2.05) is 6.92 Å². The Labute approximate surface area is 133 Å². The molecule has 1 aliphatic rings. The lowest BCUT2D eigenvalue weighted by molar-refractivity contribution is 0.0844. The molecule has 0 bridgehead atoms. The second-order valence-electron chi connectivity index (χ2n) is 7.13. The molecule has 0 aromatic carbocycles. The van der Waals surface area contributed by atoms with E-state index in [0.29, 0.717) is 17.0 Å². The summed E-state index contributed by atoms with van der Waals surface area (Å²) in [5.74, 6) is 2.05. The number of ether oxygens (including phenoxy) is 1. The minimum absolute atomic E-state index is 0.133. The summed E-state index contributed by atoms with van der Waals surface area (Å²) in [6.45, 7) is 10.5. The number of nitrogens with zero attached hydrogens (tertiary/aromatic N) is 2. The third-order valence-electron chi connectivity index (χ3n) is 4.34. The van der Waals surface area contributed by atoms with Gasteiger partial charge in [0.15, 0.2) is 0 Å². The summed E-state index contributed by atoms with van der Waals surface area (Å²) < 4.78 is 6.27. The zero-order chi connectivity index (χ0) is 15.6. The summed E-state index contributed by atoms with van der Waals surface area (Å²) in [6, 6.07) is 0. The predicted octanol–water partition coefficient (Wildman–Crippen LogP) is 5.08. The Morgan fingerprint density at radius 3 is 2.48 bits per heavy atom. The van der Waals surface area contributed by atoms with Gasteiger partial charge in [-0.05, 0) is 38.5 Å². The first-order valence-corrected chi connectivity index (χ1v) is 8.42. The van der Waals surface area contributed by atoms with Crippen LogP contribution in [0.15, 0.2) is 0 Å². The van der Waals surface area contributed by atoms with E-state index in [0.717, 1.165) is 24.2 Å². The monoisotopic (exact) mass is 310 g/mol. The lowest BCUT2D eigenvalue weighted by Crippen LogP contribution is -2.31. The highest BCUT2D eigenvalue weighted by Gasteiger charge is 2.28. The molecular formula is C17H27ClN2O. The van der Waals surface area contributed by atoms with Crippen molar-refractivity contribution in [3.63, 3.8) is 0 Å². The molecule has 118 valence electrons. The van der Waals surface area contributed by atoms with Crippen molar-refractivity contribution in [1.82, 2.24) is 9.97 Å². The zero-order valence-electron chi connectivity index (χ0n) is 13.9. The molecule has 0 aliphatic heterocycles. The summed E-state index contributed by atoms with van der Waals surface area (Å²) in [6.07, 6.45) is 6.35. The molecule has 0 saturated heterocycles. The van der Waals surface area contributed by atoms with E-state index in [4.69, 9.17) is 16.3 Å². The first kappa shape index (κ1) is 16.5. The van der Waals surface area contributed by atoms with Gasteiger partial charge in [0, 0.05) is 11.0 Å². The fourth-order valence-corrected chi connectivity index (χ4v) is 3.02. The predicted molar refractivity (Wildman–Crippen MR) is 87.1 cm³/mol. The average molecular weight is 311 g/mol. The number of aromatic nitrogens is 2. The molecule has 0 radical (unpaired) electrons. The van der Waals surface area contributed by atoms with Crippen LogP contribution in [0, 0.1) is 12.8 Å². The Kier molecular flexibility index (Phi) is 5.13. The van der Waals surface area contributed by atoms with Crippen molar-refractivity contribution < 1.29 is 4.74 Å². The van der Waals surface area contributed by atoms with Gasteiger partial charge >= 0.3 is 0 Å². The molecule has 1 heterocycles. The van der Waals surface area contributed by atoms with E-state index >= 15 is 0 Å². The molecule has 2 atom stereocenters. The van der Waals surface area contributed by atoms with Crippen LogP contribution in [0.5, 0.6) is 5.88 Å². The topological polar surface area (TPSA) is 35.0 Å². The van der Waals surface area contributed by atoms with E-state index in [1.165, 1.54) is 19.3 Å². The van der Waals surface area contributed by atoms with Crippen molar-refractivity contribution in [2.45, 2.75) is 78.2 Å². The Hall–Kier alpha value is -0.830. The molecule has 2 unspecified atom stereocenters. The SMILES string of the molecule is CCC1CCCCC1Oc1nc(C(C)(C)C)nc(Cl)c1C. The van der Waals surface area contributed by atoms with Crippen LogP contribution in [0.2, 0.25) is 5.15 Å². The number of halogens is 1. The first-order chi connectivity index (χ1) is 9.82. The molecule has 1 saturated carbocycles. The molecule has 0 amide bonds. The van der Waals surface area contributed by atoms with E-state index < -0.39 is 0 Å². The van der Waals surface area contributed by atoms with Gasteiger partial charge in [-0.2, -0.15) is 4.98 Å². The second-order valence-corrected chi connectivity index (χ2v) is 7.49. The van der Waals surface area contributed by atoms with Gasteiger partial charge in [-0.3, -0.25) is 0 Å². The Bertz CT molecular complexity index is 496. The third-order valence-corrected chi connectivity index (χ3v) is 4.71. The molecule has 21 heavy (non-hydrogen) atoms. The molecule has 3 nitrogen and oxygen atoms in total. The van der Waals surface area contributed by atoms with Gasteiger partial charge in [-0.25, -0.2) is 4.98 Å². The summed E-state index contributed by atoms with van der Waals surface area (Å²) in [5.41, 5.74) is 0.719. The minimum atomic E-state index is -0.133. The van der Waals surface area contributed by atoms with E-state index in [-0.39, 0.29) is 11.5 Å². The smallest absolute Gasteiger partial charge is 0.221 e. The van der Waals surface area contributed by atoms with E-state index in [9.17, 15) is 0 Å². The van der Waals surface area contributed by atoms with Gasteiger partial charge in [-0.15, -0.1) is 0 Å². The van der Waals surface area contributed by atoms with Crippen LogP contribution >= 0.6 is 11.6 Å². The van der Waals surface area contributed by atoms with Crippen LogP contribution in [0.25, 0.3) is 0 Å². The van der Waals surface area contributed by atoms with Crippen molar-refractivity contribution >= 4 is 11.6 Å². The lowest BCUT2D eigenvalue weighted by Gasteiger charge is -2.31. The zero-order valence-corrected chi connectivity index (χ0v) is 14.6. The summed E-state index contributed by atoms with van der Waals surface area (Å²) in [5, 5.41) is 0.508. The fraction of sp³-hybridized carbons (Fsp3) is 0.765. The molecule has 1 fully saturated rings. The van der Waals surface area contributed by atoms with Crippen molar-refractivity contribution in [3.8, 4) is 5.88 Å². The van der Waals surface area contributed by atoms with Crippen molar-refractivity contribution in [2.24, 2.45) is 5.92 Å². The number of rotatable bonds is 3. The molecule has 0 N–H and O–H groups in total. The summed E-state index contributed by atoms with van der Waals surface area (Å²) in [4.78, 5) is 9.06. The maximum absolute atomic E-state index is 6.28. The van der Waals surface area contributed by atoms with Gasteiger partial charge in [0.1, 0.15) is 17.1 Å². The summed E-state index contributed by atoms with van der Waals surface area (Å²) >= 11 is 6.28. The normalized spacial score (nSPS) is 23.1. The van der Waals surface area contributed by atoms with Crippen molar-refractivity contribution in [2.75, 3.05) is 0 Å². The van der Waals surface area contributed by atoms with Crippen LogP contribution in [-0.2, 0) is 5.41 Å². The maximum atomic E-state index is 6.28. The highest BCUT2D eigenvalue weighted by Crippen LogP contribution is 2.33. The van der Waals surface area contributed by atoms with Gasteiger partial charge in [0.2, 0.25) is 5.88 Å². The van der Waals surface area contributed by atoms with Crippen molar-refractivity contribution in [3.05, 3.63) is 16.5 Å². The summed E-state index contributed by atoms with van der Waals surface area (Å²) in [7, 11) is 0. The molecule has 1 aromatic heterocycles. The van der Waals surface area contributed by atoms with Gasteiger partial charge in [-0.1, -0.05) is 45.7 Å². The maximum Gasteiger partial charge on any atom is 0.221 e. The molecule has 1 aromatic rings. The Balaban J connectivity index is 2.28. The van der Waals surface area contributed by atoms with Crippen LogP contribution in [-0.4, -0.2) is 16.1 Å². The molecule has 1 aliphatic carbocycles. The second kappa shape index (κ2) is 6.51. The largest absolute Gasteiger partial charge is 0.474 e. The minimum Gasteiger partial charge on any atom is -0.474 e. The van der Waals surface area contributed by atoms with Gasteiger partial charge < -0.3 is 4.74 Å². The van der Waals surface area contributed by atoms with Gasteiger partial charge in [0.25, 0.3) is 0 Å². The quantitative estimate of drug-likeness (QED) is 0.730. The first-order valence-electron chi connectivity index (χ1n) is 8.04. The van der Waals surface area contributed by atoms with Crippen molar-refractivity contribution in [1.29, 1.82) is 0 Å².